The Kier molecular flexibility index (Phi) is 4.75. The number of nitrogens with zero attached hydrogens (tertiary/aromatic N) is 3. The van der Waals surface area contributed by atoms with Crippen LogP contribution in [-0.2, 0) is 15.2 Å². The molecule has 4 heterocycles. The average molecular weight is 488 g/mol. The van der Waals surface area contributed by atoms with Gasteiger partial charge in [-0.3, -0.25) is 29.2 Å². The lowest BCUT2D eigenvalue weighted by Crippen LogP contribution is -2.55. The number of hydrogen-bond acceptors (Lipinski definition) is 6. The van der Waals surface area contributed by atoms with Crippen LogP contribution in [0.5, 0.6) is 0 Å². The number of fused-ring (bicyclic) bond motifs is 5. The van der Waals surface area contributed by atoms with E-state index in [4.69, 9.17) is 4.98 Å². The van der Waals surface area contributed by atoms with E-state index in [0.29, 0.717) is 28.0 Å². The molecule has 9 nitrogen and oxygen atoms in total. The third-order valence-electron chi connectivity index (χ3n) is 7.79. The summed E-state index contributed by atoms with van der Waals surface area (Å²) in [6, 6.07) is 12.8. The second kappa shape index (κ2) is 7.47. The molecule has 1 aromatic heterocycles. The van der Waals surface area contributed by atoms with Crippen LogP contribution < -0.4 is 21.1 Å². The topological polar surface area (TPSA) is 117 Å². The van der Waals surface area contributed by atoms with Crippen LogP contribution in [0, 0.1) is 5.92 Å². The fourth-order valence-corrected chi connectivity index (χ4v) is 5.95. The molecule has 0 radical (unpaired) electrons. The van der Waals surface area contributed by atoms with Crippen LogP contribution in [-0.4, -0.2) is 38.2 Å². The van der Waals surface area contributed by atoms with Crippen molar-refractivity contribution in [2.24, 2.45) is 5.92 Å². The second-order valence-corrected chi connectivity index (χ2v) is 10.9. The van der Waals surface area contributed by atoms with Gasteiger partial charge < -0.3 is 10.4 Å². The predicted octanol–water partition coefficient (Wildman–Crippen LogP) is 2.10. The maximum atomic E-state index is 13.8. The zero-order valence-corrected chi connectivity index (χ0v) is 20.6. The van der Waals surface area contributed by atoms with Crippen molar-refractivity contribution in [3.8, 4) is 0 Å². The van der Waals surface area contributed by atoms with E-state index in [2.05, 4.69) is 10.6 Å². The van der Waals surface area contributed by atoms with Gasteiger partial charge in [0.1, 0.15) is 23.6 Å². The number of carbonyl (C=O) groups is 2. The van der Waals surface area contributed by atoms with E-state index in [-0.39, 0.29) is 29.7 Å². The molecule has 0 unspecified atom stereocenters. The van der Waals surface area contributed by atoms with Crippen molar-refractivity contribution < 1.29 is 14.7 Å². The smallest absolute Gasteiger partial charge is 0.262 e. The lowest BCUT2D eigenvalue weighted by atomic mass is 9.84. The number of aliphatic hydroxyl groups is 1. The van der Waals surface area contributed by atoms with Crippen molar-refractivity contribution in [3.63, 3.8) is 0 Å². The fraction of sp³-hybridized carbons (Fsp3) is 0.407. The first-order chi connectivity index (χ1) is 17.0. The lowest BCUT2D eigenvalue weighted by molar-refractivity contribution is -0.130. The molecular formula is C27H29N5O4. The first-order valence-corrected chi connectivity index (χ1v) is 12.3. The monoisotopic (exact) mass is 487 g/mol. The molecule has 1 fully saturated rings. The molecule has 9 heteroatoms. The van der Waals surface area contributed by atoms with Gasteiger partial charge in [0, 0.05) is 12.0 Å². The van der Waals surface area contributed by atoms with Gasteiger partial charge in [0.05, 0.1) is 28.2 Å². The molecule has 0 bridgehead atoms. The van der Waals surface area contributed by atoms with Crippen molar-refractivity contribution in [1.29, 1.82) is 0 Å². The minimum Gasteiger partial charge on any atom is -0.381 e. The summed E-state index contributed by atoms with van der Waals surface area (Å²) in [6.07, 6.45) is -0.883. The third kappa shape index (κ3) is 2.96. The summed E-state index contributed by atoms with van der Waals surface area (Å²) in [7, 11) is 0. The van der Waals surface area contributed by atoms with E-state index in [1.165, 1.54) is 4.57 Å². The van der Waals surface area contributed by atoms with Crippen molar-refractivity contribution in [1.82, 2.24) is 20.2 Å². The highest BCUT2D eigenvalue weighted by Crippen LogP contribution is 2.50. The molecule has 0 saturated carbocycles. The largest absolute Gasteiger partial charge is 0.381 e. The highest BCUT2D eigenvalue weighted by molar-refractivity contribution is 6.05. The van der Waals surface area contributed by atoms with Crippen LogP contribution in [0.25, 0.3) is 10.9 Å². The molecule has 4 atom stereocenters. The van der Waals surface area contributed by atoms with Crippen LogP contribution in [0.1, 0.15) is 57.6 Å². The second-order valence-electron chi connectivity index (χ2n) is 10.9. The van der Waals surface area contributed by atoms with E-state index < -0.39 is 29.4 Å². The quantitative estimate of drug-likeness (QED) is 0.521. The number of benzene rings is 2. The van der Waals surface area contributed by atoms with Gasteiger partial charge in [0.25, 0.3) is 5.56 Å². The number of para-hydroxylation sites is 2. The minimum atomic E-state index is -1.62. The number of rotatable bonds is 3. The van der Waals surface area contributed by atoms with Gasteiger partial charge in [-0.05, 0) is 38.0 Å². The molecule has 2 aromatic carbocycles. The standard InChI is InChI=1S/C27H29N5O4/c1-14(2)20-21-28-17-11-7-5-9-15(17)23(34)31(21)19(22(33)29-20)13-27(36)16-10-6-8-12-18(16)32-24(27)30-26(3,4)25(32)35/h5-12,14,19-20,24,30,36H,13H2,1-4H3,(H,29,33)/t19-,20-,24-,27-/m1/s1. The molecule has 3 aromatic rings. The molecule has 0 aliphatic carbocycles. The summed E-state index contributed by atoms with van der Waals surface area (Å²) in [6.45, 7) is 7.47. The fourth-order valence-electron chi connectivity index (χ4n) is 5.95. The molecule has 36 heavy (non-hydrogen) atoms. The summed E-state index contributed by atoms with van der Waals surface area (Å²) in [5.74, 6) is -0.0434. The minimum absolute atomic E-state index is 0.00471. The molecule has 2 amide bonds. The lowest BCUT2D eigenvalue weighted by Gasteiger charge is -2.39. The Morgan fingerprint density at radius 1 is 1.06 bits per heavy atom. The van der Waals surface area contributed by atoms with Crippen molar-refractivity contribution >= 4 is 28.4 Å². The molecular weight excluding hydrogens is 458 g/mol. The first-order valence-electron chi connectivity index (χ1n) is 12.3. The molecule has 0 spiro atoms. The van der Waals surface area contributed by atoms with E-state index in [1.807, 2.05) is 26.0 Å². The molecule has 3 N–H and O–H groups in total. The van der Waals surface area contributed by atoms with E-state index in [9.17, 15) is 19.5 Å². The maximum Gasteiger partial charge on any atom is 0.262 e. The third-order valence-corrected chi connectivity index (χ3v) is 7.79. The number of nitrogens with one attached hydrogen (secondary N) is 2. The van der Waals surface area contributed by atoms with Crippen molar-refractivity contribution in [2.75, 3.05) is 4.90 Å². The zero-order valence-electron chi connectivity index (χ0n) is 20.6. The van der Waals surface area contributed by atoms with Gasteiger partial charge in [-0.15, -0.1) is 0 Å². The van der Waals surface area contributed by atoms with Gasteiger partial charge in [0.15, 0.2) is 0 Å². The number of hydrogen-bond donors (Lipinski definition) is 3. The number of amides is 2. The van der Waals surface area contributed by atoms with Gasteiger partial charge in [-0.2, -0.15) is 0 Å². The Balaban J connectivity index is 1.54. The summed E-state index contributed by atoms with van der Waals surface area (Å²) < 4.78 is 1.46. The van der Waals surface area contributed by atoms with E-state index >= 15 is 0 Å². The van der Waals surface area contributed by atoms with E-state index in [1.54, 1.807) is 55.1 Å². The molecule has 3 aliphatic rings. The van der Waals surface area contributed by atoms with Gasteiger partial charge in [-0.25, -0.2) is 4.98 Å². The first kappa shape index (κ1) is 22.9. The number of aromatic nitrogens is 2. The van der Waals surface area contributed by atoms with Gasteiger partial charge in [0.2, 0.25) is 11.8 Å². The zero-order chi connectivity index (χ0) is 25.6. The Labute approximate surface area is 208 Å². The highest BCUT2D eigenvalue weighted by atomic mass is 16.3. The van der Waals surface area contributed by atoms with Crippen LogP contribution in [0.2, 0.25) is 0 Å². The number of anilines is 1. The summed E-state index contributed by atoms with van der Waals surface area (Å²) in [5, 5.41) is 19.0. The van der Waals surface area contributed by atoms with Gasteiger partial charge in [-0.1, -0.05) is 44.2 Å². The summed E-state index contributed by atoms with van der Waals surface area (Å²) >= 11 is 0. The molecule has 1 saturated heterocycles. The highest BCUT2D eigenvalue weighted by Gasteiger charge is 2.61. The number of carbonyl (C=O) groups excluding carboxylic acids is 2. The van der Waals surface area contributed by atoms with Crippen LogP contribution in [0.4, 0.5) is 5.69 Å². The van der Waals surface area contributed by atoms with Crippen LogP contribution in [0.3, 0.4) is 0 Å². The van der Waals surface area contributed by atoms with Crippen molar-refractivity contribution in [2.45, 2.75) is 63.5 Å². The van der Waals surface area contributed by atoms with Crippen molar-refractivity contribution in [3.05, 3.63) is 70.3 Å². The Hall–Kier alpha value is -3.56. The van der Waals surface area contributed by atoms with Crippen LogP contribution in [0.15, 0.2) is 53.3 Å². The summed E-state index contributed by atoms with van der Waals surface area (Å²) in [5.41, 5.74) is -1.11. The summed E-state index contributed by atoms with van der Waals surface area (Å²) in [4.78, 5) is 47.0. The Bertz CT molecular complexity index is 1500. The molecule has 3 aliphatic heterocycles. The normalized spacial score (nSPS) is 28.3. The Morgan fingerprint density at radius 2 is 1.75 bits per heavy atom. The molecule has 6 rings (SSSR count). The van der Waals surface area contributed by atoms with Crippen LogP contribution >= 0.6 is 0 Å². The SMILES string of the molecule is CC(C)[C@H]1NC(=O)[C@@H](C[C@@]2(O)c3ccccc3N3C(=O)C(C)(C)N[C@H]32)n2c1nc1ccccc1c2=O. The predicted molar refractivity (Wildman–Crippen MR) is 134 cm³/mol. The van der Waals surface area contributed by atoms with Gasteiger partial charge >= 0.3 is 0 Å². The maximum absolute atomic E-state index is 13.8. The molecule has 186 valence electrons. The Morgan fingerprint density at radius 3 is 2.50 bits per heavy atom. The van der Waals surface area contributed by atoms with E-state index in [0.717, 1.165) is 0 Å². The average Bonchev–Trinajstić information content (AvgIpc) is 3.23.